The van der Waals surface area contributed by atoms with Crippen molar-refractivity contribution in [2.24, 2.45) is 0 Å². The molecule has 0 saturated heterocycles. The summed E-state index contributed by atoms with van der Waals surface area (Å²) in [6.07, 6.45) is 1.43. The zero-order valence-corrected chi connectivity index (χ0v) is 18.2. The number of ether oxygens (including phenoxy) is 2. The predicted octanol–water partition coefficient (Wildman–Crippen LogP) is 3.72. The SMILES string of the molecule is O=C(NCc1ccc2c(c1)OCO2)c1cc(S(=O)(=O)NCc2ccco2)c(Cl)cc1Cl. The Morgan fingerprint density at radius 3 is 2.58 bits per heavy atom. The lowest BCUT2D eigenvalue weighted by Gasteiger charge is -2.12. The van der Waals surface area contributed by atoms with Gasteiger partial charge in [0, 0.05) is 6.54 Å². The highest BCUT2D eigenvalue weighted by Gasteiger charge is 2.23. The second kappa shape index (κ2) is 8.80. The van der Waals surface area contributed by atoms with E-state index in [4.69, 9.17) is 37.1 Å². The number of hydrogen-bond acceptors (Lipinski definition) is 6. The summed E-state index contributed by atoms with van der Waals surface area (Å²) in [4.78, 5) is 12.4. The van der Waals surface area contributed by atoms with Crippen molar-refractivity contribution in [3.05, 3.63) is 75.7 Å². The number of fused-ring (bicyclic) bond motifs is 1. The third-order valence-corrected chi connectivity index (χ3v) is 6.64. The molecule has 1 aliphatic rings. The van der Waals surface area contributed by atoms with Crippen LogP contribution in [0.1, 0.15) is 21.7 Å². The maximum atomic E-state index is 12.7. The summed E-state index contributed by atoms with van der Waals surface area (Å²) < 4.78 is 43.4. The van der Waals surface area contributed by atoms with Gasteiger partial charge in [0.2, 0.25) is 16.8 Å². The van der Waals surface area contributed by atoms with Crippen LogP contribution in [0.4, 0.5) is 0 Å². The third-order valence-electron chi connectivity index (χ3n) is 4.46. The number of hydrogen-bond donors (Lipinski definition) is 2. The number of nitrogens with one attached hydrogen (secondary N) is 2. The molecule has 0 fully saturated rings. The minimum atomic E-state index is -4.02. The van der Waals surface area contributed by atoms with Gasteiger partial charge in [0.1, 0.15) is 10.7 Å². The van der Waals surface area contributed by atoms with Gasteiger partial charge < -0.3 is 19.2 Å². The number of rotatable bonds is 7. The third kappa shape index (κ3) is 4.80. The van der Waals surface area contributed by atoms with Crippen LogP contribution < -0.4 is 19.5 Å². The molecule has 2 heterocycles. The monoisotopic (exact) mass is 482 g/mol. The Labute approximate surface area is 188 Å². The normalized spacial score (nSPS) is 12.7. The first-order valence-corrected chi connectivity index (χ1v) is 11.3. The number of carbonyl (C=O) groups excluding carboxylic acids is 1. The summed E-state index contributed by atoms with van der Waals surface area (Å²) in [5.41, 5.74) is 0.751. The van der Waals surface area contributed by atoms with Crippen molar-refractivity contribution in [2.75, 3.05) is 6.79 Å². The van der Waals surface area contributed by atoms with E-state index in [1.165, 1.54) is 12.3 Å². The van der Waals surface area contributed by atoms with Gasteiger partial charge in [-0.05, 0) is 42.0 Å². The van der Waals surface area contributed by atoms with Gasteiger partial charge in [-0.3, -0.25) is 4.79 Å². The molecule has 8 nitrogen and oxygen atoms in total. The molecule has 31 heavy (non-hydrogen) atoms. The molecule has 0 aliphatic carbocycles. The maximum Gasteiger partial charge on any atom is 0.253 e. The molecule has 0 unspecified atom stereocenters. The van der Waals surface area contributed by atoms with E-state index in [0.717, 1.165) is 11.6 Å². The van der Waals surface area contributed by atoms with Crippen LogP contribution >= 0.6 is 23.2 Å². The van der Waals surface area contributed by atoms with E-state index in [1.54, 1.807) is 30.3 Å². The molecule has 0 radical (unpaired) electrons. The first-order valence-electron chi connectivity index (χ1n) is 9.01. The van der Waals surface area contributed by atoms with Crippen molar-refractivity contribution in [1.29, 1.82) is 0 Å². The fourth-order valence-corrected chi connectivity index (χ4v) is 4.74. The molecule has 0 saturated carbocycles. The first-order chi connectivity index (χ1) is 14.8. The summed E-state index contributed by atoms with van der Waals surface area (Å²) in [7, 11) is -4.02. The van der Waals surface area contributed by atoms with Crippen LogP contribution in [0.5, 0.6) is 11.5 Å². The molecular formula is C20H16Cl2N2O6S. The van der Waals surface area contributed by atoms with Crippen LogP contribution in [0.3, 0.4) is 0 Å². The molecule has 1 aromatic heterocycles. The van der Waals surface area contributed by atoms with Crippen molar-refractivity contribution in [3.63, 3.8) is 0 Å². The predicted molar refractivity (Wildman–Crippen MR) is 113 cm³/mol. The molecule has 2 N–H and O–H groups in total. The molecule has 0 atom stereocenters. The van der Waals surface area contributed by atoms with Crippen LogP contribution in [0.25, 0.3) is 0 Å². The Kier molecular flexibility index (Phi) is 6.10. The lowest BCUT2D eigenvalue weighted by atomic mass is 10.1. The Bertz CT molecular complexity index is 1230. The van der Waals surface area contributed by atoms with Crippen LogP contribution in [0, 0.1) is 0 Å². The highest BCUT2D eigenvalue weighted by Crippen LogP contribution is 2.33. The van der Waals surface area contributed by atoms with Gasteiger partial charge in [0.05, 0.1) is 28.4 Å². The molecular weight excluding hydrogens is 467 g/mol. The maximum absolute atomic E-state index is 12.7. The number of halogens is 2. The minimum absolute atomic E-state index is 0.0230. The molecule has 0 spiro atoms. The molecule has 3 aromatic rings. The van der Waals surface area contributed by atoms with Crippen LogP contribution in [-0.2, 0) is 23.1 Å². The smallest absolute Gasteiger partial charge is 0.253 e. The number of carbonyl (C=O) groups is 1. The van der Waals surface area contributed by atoms with Crippen molar-refractivity contribution < 1.29 is 27.1 Å². The molecule has 1 aliphatic heterocycles. The zero-order chi connectivity index (χ0) is 22.0. The average molecular weight is 483 g/mol. The molecule has 162 valence electrons. The fourth-order valence-electron chi connectivity index (χ4n) is 2.89. The Morgan fingerprint density at radius 2 is 1.81 bits per heavy atom. The van der Waals surface area contributed by atoms with Gasteiger partial charge in [-0.25, -0.2) is 13.1 Å². The Hall–Kier alpha value is -2.72. The lowest BCUT2D eigenvalue weighted by Crippen LogP contribution is -2.26. The fraction of sp³-hybridized carbons (Fsp3) is 0.150. The van der Waals surface area contributed by atoms with E-state index in [-0.39, 0.29) is 40.4 Å². The van der Waals surface area contributed by atoms with Crippen molar-refractivity contribution in [3.8, 4) is 11.5 Å². The second-order valence-corrected chi connectivity index (χ2v) is 9.09. The van der Waals surface area contributed by atoms with Crippen molar-refractivity contribution in [2.45, 2.75) is 18.0 Å². The van der Waals surface area contributed by atoms with Gasteiger partial charge >= 0.3 is 0 Å². The summed E-state index contributed by atoms with van der Waals surface area (Å²) in [6, 6.07) is 10.9. The van der Waals surface area contributed by atoms with Crippen LogP contribution in [0.15, 0.2) is 58.0 Å². The van der Waals surface area contributed by atoms with Gasteiger partial charge in [-0.15, -0.1) is 0 Å². The molecule has 1 amide bonds. The number of amides is 1. The Balaban J connectivity index is 1.50. The zero-order valence-electron chi connectivity index (χ0n) is 15.9. The number of furan rings is 1. The number of sulfonamides is 1. The van der Waals surface area contributed by atoms with Gasteiger partial charge in [-0.2, -0.15) is 0 Å². The minimum Gasteiger partial charge on any atom is -0.468 e. The van der Waals surface area contributed by atoms with Crippen molar-refractivity contribution in [1.82, 2.24) is 10.0 Å². The summed E-state index contributed by atoms with van der Waals surface area (Å²) in [5, 5.41) is 2.63. The van der Waals surface area contributed by atoms with E-state index < -0.39 is 15.9 Å². The molecule has 11 heteroatoms. The molecule has 0 bridgehead atoms. The van der Waals surface area contributed by atoms with Gasteiger partial charge in [-0.1, -0.05) is 29.3 Å². The topological polar surface area (TPSA) is 107 Å². The largest absolute Gasteiger partial charge is 0.468 e. The average Bonchev–Trinajstić information content (AvgIpc) is 3.41. The van der Waals surface area contributed by atoms with Crippen LogP contribution in [-0.4, -0.2) is 21.1 Å². The first kappa shape index (κ1) is 21.5. The quantitative estimate of drug-likeness (QED) is 0.531. The second-order valence-electron chi connectivity index (χ2n) is 6.54. The van der Waals surface area contributed by atoms with Gasteiger partial charge in [0.15, 0.2) is 11.5 Å². The highest BCUT2D eigenvalue weighted by molar-refractivity contribution is 7.89. The number of benzene rings is 2. The molecule has 4 rings (SSSR count). The lowest BCUT2D eigenvalue weighted by molar-refractivity contribution is 0.0950. The van der Waals surface area contributed by atoms with E-state index in [1.807, 2.05) is 0 Å². The Morgan fingerprint density at radius 1 is 1.00 bits per heavy atom. The summed E-state index contributed by atoms with van der Waals surface area (Å²) >= 11 is 12.2. The van der Waals surface area contributed by atoms with Gasteiger partial charge in [0.25, 0.3) is 5.91 Å². The van der Waals surface area contributed by atoms with E-state index in [0.29, 0.717) is 17.3 Å². The highest BCUT2D eigenvalue weighted by atomic mass is 35.5. The van der Waals surface area contributed by atoms with E-state index in [2.05, 4.69) is 10.0 Å². The standard InChI is InChI=1S/C20H16Cl2N2O6S/c21-15-8-16(22)19(31(26,27)24-10-13-2-1-5-28-13)7-14(15)20(25)23-9-12-3-4-17-18(6-12)30-11-29-17/h1-8,24H,9-11H2,(H,23,25). The molecule has 2 aromatic carbocycles. The van der Waals surface area contributed by atoms with E-state index >= 15 is 0 Å². The summed E-state index contributed by atoms with van der Waals surface area (Å²) in [5.74, 6) is 1.09. The van der Waals surface area contributed by atoms with Crippen LogP contribution in [0.2, 0.25) is 10.0 Å². The van der Waals surface area contributed by atoms with Crippen molar-refractivity contribution >= 4 is 39.1 Å². The summed E-state index contributed by atoms with van der Waals surface area (Å²) in [6.45, 7) is 0.254. The van der Waals surface area contributed by atoms with E-state index in [9.17, 15) is 13.2 Å².